The summed E-state index contributed by atoms with van der Waals surface area (Å²) < 4.78 is 0. The average molecular weight is 242 g/mol. The van der Waals surface area contributed by atoms with Crippen LogP contribution in [0.15, 0.2) is 47.3 Å². The van der Waals surface area contributed by atoms with Gasteiger partial charge in [0.1, 0.15) is 12.0 Å². The maximum atomic E-state index is 11.8. The topological polar surface area (TPSA) is 79.0 Å². The van der Waals surface area contributed by atoms with Gasteiger partial charge < -0.3 is 10.3 Å². The lowest BCUT2D eigenvalue weighted by atomic mass is 10.2. The lowest BCUT2D eigenvalue weighted by Crippen LogP contribution is -2.17. The Labute approximate surface area is 102 Å². The first-order valence-corrected chi connectivity index (χ1v) is 5.25. The molecule has 5 nitrogen and oxygen atoms in total. The van der Waals surface area contributed by atoms with E-state index in [9.17, 15) is 14.4 Å². The second kappa shape index (κ2) is 5.09. The van der Waals surface area contributed by atoms with E-state index in [4.69, 9.17) is 0 Å². The number of hydrogen-bond donors (Lipinski definition) is 2. The first kappa shape index (κ1) is 11.8. The van der Waals surface area contributed by atoms with Crippen LogP contribution in [0.25, 0.3) is 0 Å². The molecule has 0 bridgehead atoms. The number of carbonyl (C=O) groups is 2. The molecule has 0 aliphatic rings. The molecule has 0 aliphatic carbocycles. The van der Waals surface area contributed by atoms with Gasteiger partial charge >= 0.3 is 0 Å². The van der Waals surface area contributed by atoms with Gasteiger partial charge in [-0.2, -0.15) is 0 Å². The van der Waals surface area contributed by atoms with Gasteiger partial charge in [0.05, 0.1) is 0 Å². The summed E-state index contributed by atoms with van der Waals surface area (Å²) >= 11 is 0. The summed E-state index contributed by atoms with van der Waals surface area (Å²) in [4.78, 5) is 35.7. The molecule has 0 fully saturated rings. The van der Waals surface area contributed by atoms with Crippen LogP contribution in [0, 0.1) is 0 Å². The molecule has 0 saturated carbocycles. The number of amides is 1. The number of rotatable bonds is 3. The molecule has 90 valence electrons. The second-order valence-corrected chi connectivity index (χ2v) is 3.62. The molecule has 2 rings (SSSR count). The largest absolute Gasteiger partial charge is 0.321 e. The molecule has 2 N–H and O–H groups in total. The van der Waals surface area contributed by atoms with Crippen LogP contribution >= 0.6 is 0 Å². The smallest absolute Gasteiger partial charge is 0.272 e. The number of aldehydes is 1. The van der Waals surface area contributed by atoms with E-state index in [1.165, 1.54) is 18.2 Å². The van der Waals surface area contributed by atoms with Crippen molar-refractivity contribution in [3.05, 3.63) is 64.1 Å². The maximum absolute atomic E-state index is 11.8. The maximum Gasteiger partial charge on any atom is 0.272 e. The van der Waals surface area contributed by atoms with E-state index in [2.05, 4.69) is 10.3 Å². The van der Waals surface area contributed by atoms with E-state index in [0.717, 1.165) is 6.29 Å². The van der Waals surface area contributed by atoms with Gasteiger partial charge in [0.25, 0.3) is 5.91 Å². The molecule has 0 aliphatic heterocycles. The number of nitrogens with one attached hydrogen (secondary N) is 2. The molecule has 1 aromatic carbocycles. The minimum absolute atomic E-state index is 0.182. The first-order valence-electron chi connectivity index (χ1n) is 5.25. The number of aromatic amines is 1. The van der Waals surface area contributed by atoms with Gasteiger partial charge in [-0.15, -0.1) is 0 Å². The van der Waals surface area contributed by atoms with Gasteiger partial charge in [-0.1, -0.05) is 6.07 Å². The Morgan fingerprint density at radius 3 is 2.44 bits per heavy atom. The Morgan fingerprint density at radius 1 is 1.11 bits per heavy atom. The van der Waals surface area contributed by atoms with E-state index in [0.29, 0.717) is 11.3 Å². The fourth-order valence-corrected chi connectivity index (χ4v) is 1.42. The van der Waals surface area contributed by atoms with Crippen molar-refractivity contribution < 1.29 is 9.59 Å². The molecule has 0 atom stereocenters. The summed E-state index contributed by atoms with van der Waals surface area (Å²) in [5.41, 5.74) is 0.928. The molecular weight excluding hydrogens is 232 g/mol. The number of hydrogen-bond acceptors (Lipinski definition) is 3. The summed E-state index contributed by atoms with van der Waals surface area (Å²) in [6.45, 7) is 0. The van der Waals surface area contributed by atoms with Crippen molar-refractivity contribution >= 4 is 17.9 Å². The fraction of sp³-hybridized carbons (Fsp3) is 0. The SMILES string of the molecule is O=Cc1ccc(NC(=O)c2cccc(=O)[nH]2)cc1. The highest BCUT2D eigenvalue weighted by Crippen LogP contribution is 2.09. The molecule has 0 radical (unpaired) electrons. The van der Waals surface area contributed by atoms with E-state index < -0.39 is 5.91 Å². The molecule has 1 amide bonds. The van der Waals surface area contributed by atoms with Gasteiger partial charge in [-0.25, -0.2) is 0 Å². The van der Waals surface area contributed by atoms with Crippen molar-refractivity contribution in [3.8, 4) is 0 Å². The van der Waals surface area contributed by atoms with Crippen LogP contribution in [0.1, 0.15) is 20.8 Å². The van der Waals surface area contributed by atoms with Crippen molar-refractivity contribution in [1.82, 2.24) is 4.98 Å². The number of benzene rings is 1. The van der Waals surface area contributed by atoms with Crippen LogP contribution in [0.4, 0.5) is 5.69 Å². The molecule has 0 unspecified atom stereocenters. The third-order valence-corrected chi connectivity index (χ3v) is 2.32. The van der Waals surface area contributed by atoms with E-state index >= 15 is 0 Å². The number of carbonyl (C=O) groups excluding carboxylic acids is 2. The van der Waals surface area contributed by atoms with Gasteiger partial charge in [0, 0.05) is 17.3 Å². The van der Waals surface area contributed by atoms with Crippen LogP contribution in [0.3, 0.4) is 0 Å². The Kier molecular flexibility index (Phi) is 3.33. The monoisotopic (exact) mass is 242 g/mol. The number of pyridine rings is 1. The van der Waals surface area contributed by atoms with E-state index in [1.54, 1.807) is 24.3 Å². The zero-order valence-corrected chi connectivity index (χ0v) is 9.34. The Hall–Kier alpha value is -2.69. The molecular formula is C13H10N2O3. The van der Waals surface area contributed by atoms with E-state index in [1.807, 2.05) is 0 Å². The highest BCUT2D eigenvalue weighted by molar-refractivity contribution is 6.02. The Morgan fingerprint density at radius 2 is 1.83 bits per heavy atom. The van der Waals surface area contributed by atoms with Crippen molar-refractivity contribution in [1.29, 1.82) is 0 Å². The van der Waals surface area contributed by atoms with Gasteiger partial charge in [0.2, 0.25) is 5.56 Å². The number of anilines is 1. The highest BCUT2D eigenvalue weighted by Gasteiger charge is 2.06. The number of aromatic nitrogens is 1. The molecule has 0 saturated heterocycles. The zero-order valence-electron chi connectivity index (χ0n) is 9.34. The summed E-state index contributed by atoms with van der Waals surface area (Å²) in [6, 6.07) is 10.8. The third kappa shape index (κ3) is 2.70. The standard InChI is InChI=1S/C13H10N2O3/c16-8-9-4-6-10(7-5-9)14-13(18)11-2-1-3-12(17)15-11/h1-8H,(H,14,18)(H,15,17). The average Bonchev–Trinajstić information content (AvgIpc) is 2.39. The summed E-state index contributed by atoms with van der Waals surface area (Å²) in [7, 11) is 0. The number of H-pyrrole nitrogens is 1. The molecule has 1 aromatic heterocycles. The Balaban J connectivity index is 2.15. The summed E-state index contributed by atoms with van der Waals surface area (Å²) in [5.74, 6) is -0.411. The van der Waals surface area contributed by atoms with Crippen molar-refractivity contribution in [3.63, 3.8) is 0 Å². The van der Waals surface area contributed by atoms with Crippen LogP contribution in [-0.2, 0) is 0 Å². The van der Waals surface area contributed by atoms with E-state index in [-0.39, 0.29) is 11.3 Å². The molecule has 2 aromatic rings. The summed E-state index contributed by atoms with van der Waals surface area (Å²) in [6.07, 6.45) is 0.723. The summed E-state index contributed by atoms with van der Waals surface area (Å²) in [5, 5.41) is 2.61. The first-order chi connectivity index (χ1) is 8.69. The van der Waals surface area contributed by atoms with Gasteiger partial charge in [-0.05, 0) is 30.3 Å². The molecule has 5 heteroatoms. The molecule has 18 heavy (non-hydrogen) atoms. The normalized spacial score (nSPS) is 9.78. The van der Waals surface area contributed by atoms with Crippen LogP contribution in [0.2, 0.25) is 0 Å². The minimum atomic E-state index is -0.411. The zero-order chi connectivity index (χ0) is 13.0. The van der Waals surface area contributed by atoms with Crippen LogP contribution in [0.5, 0.6) is 0 Å². The highest BCUT2D eigenvalue weighted by atomic mass is 16.2. The predicted molar refractivity (Wildman–Crippen MR) is 66.8 cm³/mol. The lowest BCUT2D eigenvalue weighted by molar-refractivity contribution is 0.102. The minimum Gasteiger partial charge on any atom is -0.321 e. The lowest BCUT2D eigenvalue weighted by Gasteiger charge is -2.04. The Bertz CT molecular complexity index is 629. The second-order valence-electron chi connectivity index (χ2n) is 3.62. The fourth-order valence-electron chi connectivity index (χ4n) is 1.42. The molecule has 1 heterocycles. The quantitative estimate of drug-likeness (QED) is 0.799. The van der Waals surface area contributed by atoms with Gasteiger partial charge in [0.15, 0.2) is 0 Å². The van der Waals surface area contributed by atoms with Crippen LogP contribution < -0.4 is 10.9 Å². The molecule has 0 spiro atoms. The predicted octanol–water partition coefficient (Wildman–Crippen LogP) is 1.44. The van der Waals surface area contributed by atoms with Crippen molar-refractivity contribution in [2.45, 2.75) is 0 Å². The van der Waals surface area contributed by atoms with Gasteiger partial charge in [-0.3, -0.25) is 14.4 Å². The van der Waals surface area contributed by atoms with Crippen molar-refractivity contribution in [2.24, 2.45) is 0 Å². The van der Waals surface area contributed by atoms with Crippen LogP contribution in [-0.4, -0.2) is 17.2 Å². The van der Waals surface area contributed by atoms with Crippen molar-refractivity contribution in [2.75, 3.05) is 5.32 Å². The third-order valence-electron chi connectivity index (χ3n) is 2.32.